The summed E-state index contributed by atoms with van der Waals surface area (Å²) in [6, 6.07) is 84.5. The van der Waals surface area contributed by atoms with E-state index in [4.69, 9.17) is 8.83 Å². The predicted molar refractivity (Wildman–Crippen MR) is 304 cm³/mol. The van der Waals surface area contributed by atoms with Crippen molar-refractivity contribution in [1.29, 1.82) is 0 Å². The molecule has 14 rings (SSSR count). The van der Waals surface area contributed by atoms with Crippen LogP contribution in [0.25, 0.3) is 65.8 Å². The summed E-state index contributed by atoms with van der Waals surface area (Å²) in [5, 5.41) is 6.71. The Morgan fingerprint density at radius 1 is 0.329 bits per heavy atom. The Labute approximate surface area is 424 Å². The zero-order chi connectivity index (χ0) is 49.0. The molecule has 11 aromatic carbocycles. The van der Waals surface area contributed by atoms with Gasteiger partial charge in [-0.1, -0.05) is 176 Å². The monoisotopic (exact) mass is 938 g/mol. The van der Waals surface area contributed by atoms with Crippen LogP contribution in [0.2, 0.25) is 0 Å². The van der Waals surface area contributed by atoms with Crippen LogP contribution in [0.1, 0.15) is 44.5 Å². The highest BCUT2D eigenvalue weighted by molar-refractivity contribution is 6.15. The maximum absolute atomic E-state index is 6.93. The molecule has 0 unspecified atom stereocenters. The summed E-state index contributed by atoms with van der Waals surface area (Å²) in [6.45, 7) is 8.80. The highest BCUT2D eigenvalue weighted by atomic mass is 16.3. The fourth-order valence-electron chi connectivity index (χ4n) is 12.2. The van der Waals surface area contributed by atoms with Crippen molar-refractivity contribution in [3.8, 4) is 11.1 Å². The minimum atomic E-state index is -0.765. The molecular formula is C69H50N2O2. The summed E-state index contributed by atoms with van der Waals surface area (Å²) in [7, 11) is 0. The van der Waals surface area contributed by atoms with E-state index in [9.17, 15) is 0 Å². The van der Waals surface area contributed by atoms with E-state index in [1.165, 1.54) is 61.0 Å². The number of nitrogens with zero attached hydrogens (tertiary/aromatic N) is 2. The van der Waals surface area contributed by atoms with E-state index in [-0.39, 0.29) is 0 Å². The number of rotatable bonds is 8. The van der Waals surface area contributed by atoms with Gasteiger partial charge in [0.2, 0.25) is 0 Å². The number of aryl methyl sites for hydroxylation is 4. The predicted octanol–water partition coefficient (Wildman–Crippen LogP) is 19.2. The van der Waals surface area contributed by atoms with Gasteiger partial charge in [-0.05, 0) is 143 Å². The second-order valence-corrected chi connectivity index (χ2v) is 19.8. The molecule has 0 saturated heterocycles. The second-order valence-electron chi connectivity index (χ2n) is 19.8. The quantitative estimate of drug-likeness (QED) is 0.152. The molecule has 13 aromatic rings. The van der Waals surface area contributed by atoms with Gasteiger partial charge in [-0.15, -0.1) is 0 Å². The Morgan fingerprint density at radius 2 is 0.808 bits per heavy atom. The molecule has 348 valence electrons. The first-order valence-electron chi connectivity index (χ1n) is 25.2. The van der Waals surface area contributed by atoms with E-state index in [1.807, 2.05) is 6.07 Å². The molecule has 4 nitrogen and oxygen atoms in total. The van der Waals surface area contributed by atoms with E-state index < -0.39 is 5.41 Å². The Hall–Kier alpha value is -9.12. The molecule has 0 fully saturated rings. The zero-order valence-corrected chi connectivity index (χ0v) is 41.2. The van der Waals surface area contributed by atoms with Crippen molar-refractivity contribution >= 4 is 88.8 Å². The first-order valence-corrected chi connectivity index (χ1v) is 25.2. The molecule has 0 radical (unpaired) electrons. The van der Waals surface area contributed by atoms with Gasteiger partial charge in [0, 0.05) is 44.0 Å². The van der Waals surface area contributed by atoms with Gasteiger partial charge in [-0.3, -0.25) is 0 Å². The molecule has 0 spiro atoms. The van der Waals surface area contributed by atoms with Crippen molar-refractivity contribution in [3.05, 3.63) is 275 Å². The van der Waals surface area contributed by atoms with Crippen LogP contribution in [0.5, 0.6) is 0 Å². The van der Waals surface area contributed by atoms with E-state index in [2.05, 4.69) is 262 Å². The van der Waals surface area contributed by atoms with Gasteiger partial charge in [0.05, 0.1) is 22.5 Å². The highest BCUT2D eigenvalue weighted by Crippen LogP contribution is 2.61. The number of anilines is 6. The van der Waals surface area contributed by atoms with Gasteiger partial charge in [0.25, 0.3) is 0 Å². The average molecular weight is 939 g/mol. The Bertz CT molecular complexity index is 4290. The molecule has 2 heterocycles. The molecule has 4 heteroatoms. The van der Waals surface area contributed by atoms with E-state index in [1.54, 1.807) is 0 Å². The van der Waals surface area contributed by atoms with Crippen molar-refractivity contribution < 1.29 is 8.83 Å². The van der Waals surface area contributed by atoms with Gasteiger partial charge in [0.1, 0.15) is 11.2 Å². The third-order valence-corrected chi connectivity index (χ3v) is 15.5. The van der Waals surface area contributed by atoms with Crippen LogP contribution in [-0.4, -0.2) is 0 Å². The van der Waals surface area contributed by atoms with Crippen LogP contribution in [0, 0.1) is 27.7 Å². The minimum Gasteiger partial charge on any atom is -0.454 e. The van der Waals surface area contributed by atoms with E-state index in [0.717, 1.165) is 83.4 Å². The Kier molecular flexibility index (Phi) is 9.65. The maximum Gasteiger partial charge on any atom is 0.159 e. The van der Waals surface area contributed by atoms with Crippen LogP contribution in [-0.2, 0) is 5.41 Å². The van der Waals surface area contributed by atoms with Gasteiger partial charge in [-0.25, -0.2) is 0 Å². The average Bonchev–Trinajstić information content (AvgIpc) is 4.11. The fourth-order valence-corrected chi connectivity index (χ4v) is 12.2. The maximum atomic E-state index is 6.93. The number of furan rings is 2. The topological polar surface area (TPSA) is 32.8 Å². The van der Waals surface area contributed by atoms with Gasteiger partial charge in [-0.2, -0.15) is 0 Å². The number of fused-ring (bicyclic) bond motifs is 11. The molecule has 1 aliphatic carbocycles. The van der Waals surface area contributed by atoms with Gasteiger partial charge >= 0.3 is 0 Å². The first-order chi connectivity index (χ1) is 35.9. The standard InChI is InChI=1S/C69H50N2O2/c1-43-33-35-45(3)61(39-43)70(59-29-17-27-54-51-24-13-15-31-64(51)72-67(54)59)49-37-38-56-57(41-49)69(47-19-7-5-8-20-47,48-21-9-6-10-22-48)58-42-63(50-23-11-12-26-53(50)66(56)58)71(62-40-44(2)34-36-46(62)4)60-30-18-28-55-52-25-14-16-32-65(52)73-68(55)60/h5-42H,1-4H3. The van der Waals surface area contributed by atoms with Gasteiger partial charge < -0.3 is 18.6 Å². The highest BCUT2D eigenvalue weighted by Gasteiger charge is 2.48. The molecule has 2 aromatic heterocycles. The lowest BCUT2D eigenvalue weighted by atomic mass is 9.67. The summed E-state index contributed by atoms with van der Waals surface area (Å²) in [5.74, 6) is 0. The Balaban J connectivity index is 1.11. The lowest BCUT2D eigenvalue weighted by Gasteiger charge is -2.36. The first kappa shape index (κ1) is 42.7. The summed E-state index contributed by atoms with van der Waals surface area (Å²) < 4.78 is 13.8. The minimum absolute atomic E-state index is 0.765. The molecule has 0 bridgehead atoms. The molecule has 0 amide bonds. The molecule has 0 N–H and O–H groups in total. The summed E-state index contributed by atoms with van der Waals surface area (Å²) in [6.07, 6.45) is 0. The smallest absolute Gasteiger partial charge is 0.159 e. The lowest BCUT2D eigenvalue weighted by Crippen LogP contribution is -2.29. The number of hydrogen-bond acceptors (Lipinski definition) is 4. The SMILES string of the molecule is Cc1ccc(C)c(N(c2ccc3c(c2)C(c2ccccc2)(c2ccccc2)c2cc(N(c4cc(C)ccc4C)c4cccc5c4oc4ccccc45)c4ccccc4c2-3)c2cccc3c2oc2ccccc23)c1. The normalized spacial score (nSPS) is 12.8. The molecule has 1 aliphatic rings. The molecule has 0 saturated carbocycles. The number of para-hydroxylation sites is 4. The summed E-state index contributed by atoms with van der Waals surface area (Å²) in [5.41, 5.74) is 20.9. The van der Waals surface area contributed by atoms with E-state index in [0.29, 0.717) is 0 Å². The molecular weight excluding hydrogens is 889 g/mol. The molecule has 0 atom stereocenters. The second kappa shape index (κ2) is 16.5. The van der Waals surface area contributed by atoms with Crippen molar-refractivity contribution in [2.24, 2.45) is 0 Å². The van der Waals surface area contributed by atoms with Crippen LogP contribution in [0.15, 0.2) is 239 Å². The van der Waals surface area contributed by atoms with Crippen molar-refractivity contribution in [2.45, 2.75) is 33.1 Å². The van der Waals surface area contributed by atoms with Crippen molar-refractivity contribution in [1.82, 2.24) is 0 Å². The van der Waals surface area contributed by atoms with Crippen LogP contribution in [0.4, 0.5) is 34.1 Å². The third kappa shape index (κ3) is 6.40. The summed E-state index contributed by atoms with van der Waals surface area (Å²) in [4.78, 5) is 4.90. The van der Waals surface area contributed by atoms with Crippen LogP contribution >= 0.6 is 0 Å². The molecule has 73 heavy (non-hydrogen) atoms. The molecule has 0 aliphatic heterocycles. The van der Waals surface area contributed by atoms with Gasteiger partial charge in [0.15, 0.2) is 11.2 Å². The van der Waals surface area contributed by atoms with Crippen molar-refractivity contribution in [2.75, 3.05) is 9.80 Å². The van der Waals surface area contributed by atoms with Crippen molar-refractivity contribution in [3.63, 3.8) is 0 Å². The fraction of sp³-hybridized carbons (Fsp3) is 0.0725. The number of benzene rings is 11. The third-order valence-electron chi connectivity index (χ3n) is 15.5. The lowest BCUT2D eigenvalue weighted by molar-refractivity contribution is 0.668. The largest absolute Gasteiger partial charge is 0.454 e. The zero-order valence-electron chi connectivity index (χ0n) is 41.2. The van der Waals surface area contributed by atoms with Crippen LogP contribution in [0.3, 0.4) is 0 Å². The number of hydrogen-bond donors (Lipinski definition) is 0. The Morgan fingerprint density at radius 3 is 1.38 bits per heavy atom. The van der Waals surface area contributed by atoms with Crippen LogP contribution < -0.4 is 9.80 Å². The summed E-state index contributed by atoms with van der Waals surface area (Å²) >= 11 is 0. The van der Waals surface area contributed by atoms with E-state index >= 15 is 0 Å².